The number of carbonyl (C=O) groups excluding carboxylic acids is 1. The highest BCUT2D eigenvalue weighted by atomic mass is 16.6. The average Bonchev–Trinajstić information content (AvgIpc) is 3.16. The molecule has 8 heteroatoms. The summed E-state index contributed by atoms with van der Waals surface area (Å²) in [7, 11) is 0. The normalized spacial score (nSPS) is 16.5. The van der Waals surface area contributed by atoms with E-state index in [0.717, 1.165) is 38.4 Å². The van der Waals surface area contributed by atoms with Gasteiger partial charge in [0.1, 0.15) is 11.4 Å². The van der Waals surface area contributed by atoms with Gasteiger partial charge in [0.15, 0.2) is 0 Å². The molecule has 0 bridgehead atoms. The summed E-state index contributed by atoms with van der Waals surface area (Å²) in [5, 5.41) is 11.0. The Morgan fingerprint density at radius 1 is 1.14 bits per heavy atom. The van der Waals surface area contributed by atoms with Gasteiger partial charge in [-0.05, 0) is 29.3 Å². The molecule has 2 N–H and O–H groups in total. The SMILES string of the molecule is Nc1ccc(C(=O)N2CCN(Cc3ccc4c(c3)CCO4)CC2)cc1[N+](=O)[O-]. The maximum absolute atomic E-state index is 12.7. The van der Waals surface area contributed by atoms with Crippen LogP contribution in [0.4, 0.5) is 11.4 Å². The molecule has 1 saturated heterocycles. The highest BCUT2D eigenvalue weighted by molar-refractivity contribution is 5.95. The van der Waals surface area contributed by atoms with Gasteiger partial charge in [0.2, 0.25) is 0 Å². The van der Waals surface area contributed by atoms with Gasteiger partial charge in [-0.15, -0.1) is 0 Å². The minimum Gasteiger partial charge on any atom is -0.493 e. The lowest BCUT2D eigenvalue weighted by molar-refractivity contribution is -0.383. The molecule has 0 spiro atoms. The highest BCUT2D eigenvalue weighted by Gasteiger charge is 2.24. The molecule has 28 heavy (non-hydrogen) atoms. The van der Waals surface area contributed by atoms with Gasteiger partial charge in [-0.3, -0.25) is 19.8 Å². The predicted octanol–water partition coefficient (Wildman–Crippen LogP) is 2.07. The van der Waals surface area contributed by atoms with Crippen LogP contribution in [0.3, 0.4) is 0 Å². The Morgan fingerprint density at radius 2 is 1.93 bits per heavy atom. The molecule has 0 atom stereocenters. The van der Waals surface area contributed by atoms with Crippen molar-refractivity contribution >= 4 is 17.3 Å². The molecule has 0 aromatic heterocycles. The van der Waals surface area contributed by atoms with Crippen molar-refractivity contribution in [3.05, 3.63) is 63.2 Å². The molecule has 0 aliphatic carbocycles. The standard InChI is InChI=1S/C20H22N4O4/c21-17-3-2-16(12-18(17)24(26)27)20(25)23-8-6-22(7-9-23)13-14-1-4-19-15(11-14)5-10-28-19/h1-4,11-12H,5-10,13,21H2. The van der Waals surface area contributed by atoms with Gasteiger partial charge >= 0.3 is 0 Å². The van der Waals surface area contributed by atoms with E-state index in [0.29, 0.717) is 18.7 Å². The summed E-state index contributed by atoms with van der Waals surface area (Å²) in [6.45, 7) is 4.29. The molecule has 2 aliphatic heterocycles. The fraction of sp³-hybridized carbons (Fsp3) is 0.350. The lowest BCUT2D eigenvalue weighted by atomic mass is 10.1. The lowest BCUT2D eigenvalue weighted by Gasteiger charge is -2.34. The zero-order chi connectivity index (χ0) is 19.7. The third-order valence-electron chi connectivity index (χ3n) is 5.29. The van der Waals surface area contributed by atoms with Crippen LogP contribution in [0.15, 0.2) is 36.4 Å². The fourth-order valence-corrected chi connectivity index (χ4v) is 3.72. The van der Waals surface area contributed by atoms with Crippen molar-refractivity contribution in [3.63, 3.8) is 0 Å². The van der Waals surface area contributed by atoms with Crippen LogP contribution in [0.1, 0.15) is 21.5 Å². The lowest BCUT2D eigenvalue weighted by Crippen LogP contribution is -2.48. The first-order valence-electron chi connectivity index (χ1n) is 9.31. The first-order chi connectivity index (χ1) is 13.5. The van der Waals surface area contributed by atoms with Gasteiger partial charge in [-0.1, -0.05) is 12.1 Å². The summed E-state index contributed by atoms with van der Waals surface area (Å²) in [4.78, 5) is 27.2. The van der Waals surface area contributed by atoms with Crippen molar-refractivity contribution < 1.29 is 14.5 Å². The van der Waals surface area contributed by atoms with E-state index in [1.807, 2.05) is 6.07 Å². The van der Waals surface area contributed by atoms with Gasteiger partial charge in [0.25, 0.3) is 11.6 Å². The maximum atomic E-state index is 12.7. The molecule has 0 radical (unpaired) electrons. The van der Waals surface area contributed by atoms with E-state index in [2.05, 4.69) is 17.0 Å². The summed E-state index contributed by atoms with van der Waals surface area (Å²) >= 11 is 0. The molecule has 2 aromatic rings. The number of carbonyl (C=O) groups is 1. The van der Waals surface area contributed by atoms with Crippen LogP contribution in [0.25, 0.3) is 0 Å². The number of fused-ring (bicyclic) bond motifs is 1. The van der Waals surface area contributed by atoms with E-state index in [1.54, 1.807) is 11.0 Å². The number of nitro groups is 1. The van der Waals surface area contributed by atoms with E-state index in [1.165, 1.54) is 23.3 Å². The Morgan fingerprint density at radius 3 is 2.68 bits per heavy atom. The predicted molar refractivity (Wildman–Crippen MR) is 104 cm³/mol. The number of nitrogens with two attached hydrogens (primary N) is 1. The maximum Gasteiger partial charge on any atom is 0.292 e. The van der Waals surface area contributed by atoms with Crippen LogP contribution in [0, 0.1) is 10.1 Å². The van der Waals surface area contributed by atoms with Crippen LogP contribution in [-0.2, 0) is 13.0 Å². The monoisotopic (exact) mass is 382 g/mol. The molecule has 146 valence electrons. The smallest absolute Gasteiger partial charge is 0.292 e. The topological polar surface area (TPSA) is 102 Å². The fourth-order valence-electron chi connectivity index (χ4n) is 3.72. The van der Waals surface area contributed by atoms with Crippen molar-refractivity contribution in [2.45, 2.75) is 13.0 Å². The molecule has 2 heterocycles. The van der Waals surface area contributed by atoms with Gasteiger partial charge in [-0.25, -0.2) is 0 Å². The zero-order valence-corrected chi connectivity index (χ0v) is 15.5. The van der Waals surface area contributed by atoms with E-state index in [9.17, 15) is 14.9 Å². The third-order valence-corrected chi connectivity index (χ3v) is 5.29. The Hall–Kier alpha value is -3.13. The quantitative estimate of drug-likeness (QED) is 0.493. The minimum absolute atomic E-state index is 0.0612. The Kier molecular flexibility index (Phi) is 4.87. The second kappa shape index (κ2) is 7.47. The molecule has 0 saturated carbocycles. The summed E-state index contributed by atoms with van der Waals surface area (Å²) in [6, 6.07) is 10.5. The Balaban J connectivity index is 1.37. The van der Waals surface area contributed by atoms with Crippen LogP contribution in [0.5, 0.6) is 5.75 Å². The van der Waals surface area contributed by atoms with Crippen LogP contribution < -0.4 is 10.5 Å². The van der Waals surface area contributed by atoms with Crippen LogP contribution >= 0.6 is 0 Å². The van der Waals surface area contributed by atoms with Gasteiger partial charge in [0.05, 0.1) is 11.5 Å². The van der Waals surface area contributed by atoms with Gasteiger partial charge < -0.3 is 15.4 Å². The number of rotatable bonds is 4. The number of hydrogen-bond donors (Lipinski definition) is 1. The number of ether oxygens (including phenoxy) is 1. The zero-order valence-electron chi connectivity index (χ0n) is 15.5. The Bertz CT molecular complexity index is 922. The summed E-state index contributed by atoms with van der Waals surface area (Å²) in [6.07, 6.45) is 0.958. The second-order valence-electron chi connectivity index (χ2n) is 7.14. The number of amides is 1. The second-order valence-corrected chi connectivity index (χ2v) is 7.14. The molecule has 2 aromatic carbocycles. The van der Waals surface area contributed by atoms with Crippen LogP contribution in [-0.4, -0.2) is 53.4 Å². The minimum atomic E-state index is -0.564. The van der Waals surface area contributed by atoms with Gasteiger partial charge in [-0.2, -0.15) is 0 Å². The van der Waals surface area contributed by atoms with Gasteiger partial charge in [0, 0.05) is 50.8 Å². The Labute approximate surface area is 162 Å². The number of benzene rings is 2. The van der Waals surface area contributed by atoms with Crippen molar-refractivity contribution in [3.8, 4) is 5.75 Å². The van der Waals surface area contributed by atoms with E-state index >= 15 is 0 Å². The third kappa shape index (κ3) is 3.63. The molecular formula is C20H22N4O4. The van der Waals surface area contributed by atoms with E-state index in [-0.39, 0.29) is 17.3 Å². The molecule has 0 unspecified atom stereocenters. The number of piperazine rings is 1. The number of hydrogen-bond acceptors (Lipinski definition) is 6. The molecule has 8 nitrogen and oxygen atoms in total. The first kappa shape index (κ1) is 18.2. The molecule has 2 aliphatic rings. The number of nitrogens with zero attached hydrogens (tertiary/aromatic N) is 3. The summed E-state index contributed by atoms with van der Waals surface area (Å²) < 4.78 is 5.55. The van der Waals surface area contributed by atoms with Crippen molar-refractivity contribution in [2.75, 3.05) is 38.5 Å². The average molecular weight is 382 g/mol. The summed E-state index contributed by atoms with van der Waals surface area (Å²) in [5.41, 5.74) is 8.25. The first-order valence-corrected chi connectivity index (χ1v) is 9.31. The van der Waals surface area contributed by atoms with E-state index < -0.39 is 4.92 Å². The molecular weight excluding hydrogens is 360 g/mol. The van der Waals surface area contributed by atoms with E-state index in [4.69, 9.17) is 10.5 Å². The van der Waals surface area contributed by atoms with Crippen molar-refractivity contribution in [1.29, 1.82) is 0 Å². The number of anilines is 1. The van der Waals surface area contributed by atoms with Crippen molar-refractivity contribution in [1.82, 2.24) is 9.80 Å². The molecule has 1 amide bonds. The van der Waals surface area contributed by atoms with Crippen LogP contribution in [0.2, 0.25) is 0 Å². The largest absolute Gasteiger partial charge is 0.493 e. The molecule has 1 fully saturated rings. The molecule has 4 rings (SSSR count). The highest BCUT2D eigenvalue weighted by Crippen LogP contribution is 2.27. The summed E-state index contributed by atoms with van der Waals surface area (Å²) in [5.74, 6) is 0.786. The number of nitro benzene ring substituents is 1. The van der Waals surface area contributed by atoms with Crippen molar-refractivity contribution in [2.24, 2.45) is 0 Å². The number of nitrogen functional groups attached to an aromatic ring is 1.